The van der Waals surface area contributed by atoms with Gasteiger partial charge in [0.15, 0.2) is 0 Å². The molecule has 0 spiro atoms. The number of hydrogen-bond donors (Lipinski definition) is 2. The number of phenols is 1. The van der Waals surface area contributed by atoms with E-state index in [0.717, 1.165) is 14.0 Å². The van der Waals surface area contributed by atoms with Crippen molar-refractivity contribution in [1.29, 1.82) is 0 Å². The molecule has 2 N–H and O–H groups in total. The Bertz CT molecular complexity index is 850. The third-order valence-corrected chi connectivity index (χ3v) is 4.95. The van der Waals surface area contributed by atoms with E-state index in [1.165, 1.54) is 6.08 Å². The van der Waals surface area contributed by atoms with E-state index in [9.17, 15) is 14.7 Å². The maximum atomic E-state index is 12.5. The largest absolute Gasteiger partial charge is 0.506 e. The lowest BCUT2D eigenvalue weighted by atomic mass is 10.1. The monoisotopic (exact) mass is 546 g/mol. The number of carbonyl (C=O) groups excluding carboxylic acids is 2. The lowest BCUT2D eigenvalue weighted by molar-refractivity contribution is -0.123. The highest BCUT2D eigenvalue weighted by Crippen LogP contribution is 2.29. The number of aromatic hydroxyl groups is 1. The summed E-state index contributed by atoms with van der Waals surface area (Å²) in [6.45, 7) is 0.207. The number of nitrogens with zero attached hydrogens (tertiary/aromatic N) is 1. The fraction of sp³-hybridized carbons (Fsp3) is 0.0588. The minimum Gasteiger partial charge on any atom is -0.506 e. The maximum absolute atomic E-state index is 12.5. The molecule has 2 aromatic rings. The zero-order valence-electron chi connectivity index (χ0n) is 12.3. The number of imide groups is 1. The first-order chi connectivity index (χ1) is 11.5. The van der Waals surface area contributed by atoms with Crippen LogP contribution in [-0.2, 0) is 11.3 Å². The van der Waals surface area contributed by atoms with Gasteiger partial charge in [-0.25, -0.2) is 4.79 Å². The van der Waals surface area contributed by atoms with Gasteiger partial charge in [-0.2, -0.15) is 0 Å². The van der Waals surface area contributed by atoms with Crippen molar-refractivity contribution in [1.82, 2.24) is 10.2 Å². The summed E-state index contributed by atoms with van der Waals surface area (Å²) in [5.74, 6) is -0.316. The van der Waals surface area contributed by atoms with Crippen LogP contribution in [0.25, 0.3) is 6.08 Å². The molecule has 3 amide bonds. The van der Waals surface area contributed by atoms with E-state index in [1.807, 2.05) is 59.0 Å². The number of carbonyl (C=O) groups is 2. The van der Waals surface area contributed by atoms with Gasteiger partial charge in [0.2, 0.25) is 0 Å². The van der Waals surface area contributed by atoms with Crippen LogP contribution in [0, 0.1) is 7.14 Å². The molecular formula is C17H12I2N2O3. The molecule has 3 rings (SSSR count). The molecule has 1 aliphatic rings. The molecule has 0 atom stereocenters. The molecule has 2 aromatic carbocycles. The molecule has 24 heavy (non-hydrogen) atoms. The van der Waals surface area contributed by atoms with Gasteiger partial charge in [0.05, 0.1) is 10.1 Å². The van der Waals surface area contributed by atoms with Crippen LogP contribution in [0.15, 0.2) is 48.2 Å². The second kappa shape index (κ2) is 7.09. The van der Waals surface area contributed by atoms with Crippen LogP contribution in [0.1, 0.15) is 11.1 Å². The maximum Gasteiger partial charge on any atom is 0.329 e. The normalized spacial score (nSPS) is 15.9. The smallest absolute Gasteiger partial charge is 0.329 e. The molecule has 7 heteroatoms. The molecule has 1 saturated heterocycles. The summed E-state index contributed by atoms with van der Waals surface area (Å²) in [5, 5.41) is 12.7. The first-order valence-corrected chi connectivity index (χ1v) is 9.18. The van der Waals surface area contributed by atoms with E-state index in [0.29, 0.717) is 9.13 Å². The van der Waals surface area contributed by atoms with Gasteiger partial charge >= 0.3 is 6.03 Å². The Morgan fingerprint density at radius 1 is 1.12 bits per heavy atom. The Morgan fingerprint density at radius 2 is 1.83 bits per heavy atom. The fourth-order valence-electron chi connectivity index (χ4n) is 2.33. The molecule has 0 unspecified atom stereocenters. The highest BCUT2D eigenvalue weighted by Gasteiger charge is 2.33. The molecular weight excluding hydrogens is 534 g/mol. The van der Waals surface area contributed by atoms with Crippen LogP contribution in [0.5, 0.6) is 5.75 Å². The van der Waals surface area contributed by atoms with Gasteiger partial charge in [0.25, 0.3) is 5.91 Å². The summed E-state index contributed by atoms with van der Waals surface area (Å²) in [7, 11) is 0. The number of amides is 3. The number of nitrogens with one attached hydrogen (secondary N) is 1. The number of rotatable bonds is 3. The Kier molecular flexibility index (Phi) is 5.09. The number of hydrogen-bond acceptors (Lipinski definition) is 3. The fourth-order valence-corrected chi connectivity index (χ4v) is 4.22. The Balaban J connectivity index is 1.89. The molecule has 0 aliphatic carbocycles. The molecule has 0 aromatic heterocycles. The van der Waals surface area contributed by atoms with Crippen LogP contribution in [0.2, 0.25) is 0 Å². The average Bonchev–Trinajstić information content (AvgIpc) is 2.81. The topological polar surface area (TPSA) is 69.6 Å². The number of halogens is 2. The van der Waals surface area contributed by atoms with Crippen molar-refractivity contribution in [3.63, 3.8) is 0 Å². The van der Waals surface area contributed by atoms with E-state index in [1.54, 1.807) is 6.07 Å². The van der Waals surface area contributed by atoms with Gasteiger partial charge in [-0.3, -0.25) is 9.69 Å². The second-order valence-corrected chi connectivity index (χ2v) is 7.60. The van der Waals surface area contributed by atoms with Crippen molar-refractivity contribution < 1.29 is 14.7 Å². The minimum absolute atomic E-state index is 0.0899. The number of benzene rings is 2. The van der Waals surface area contributed by atoms with Crippen molar-refractivity contribution in [3.05, 3.63) is 66.4 Å². The number of phenolic OH excluding ortho intramolecular Hbond substituents is 1. The lowest BCUT2D eigenvalue weighted by Crippen LogP contribution is -2.30. The van der Waals surface area contributed by atoms with Crippen molar-refractivity contribution >= 4 is 63.2 Å². The number of urea groups is 1. The van der Waals surface area contributed by atoms with E-state index in [2.05, 4.69) is 27.9 Å². The Hall–Kier alpha value is -1.62. The first-order valence-electron chi connectivity index (χ1n) is 7.02. The van der Waals surface area contributed by atoms with E-state index < -0.39 is 11.9 Å². The molecule has 5 nitrogen and oxygen atoms in total. The SMILES string of the molecule is O=C1N/C(=C/c2cc(I)cc(I)c2O)C(=O)N1Cc1ccccc1. The molecule has 1 fully saturated rings. The average molecular weight is 546 g/mol. The van der Waals surface area contributed by atoms with Gasteiger partial charge in [0, 0.05) is 9.13 Å². The van der Waals surface area contributed by atoms with Crippen LogP contribution >= 0.6 is 45.2 Å². The predicted octanol–water partition coefficient (Wildman–Crippen LogP) is 3.69. The van der Waals surface area contributed by atoms with Crippen molar-refractivity contribution in [2.24, 2.45) is 0 Å². The van der Waals surface area contributed by atoms with Crippen molar-refractivity contribution in [3.8, 4) is 5.75 Å². The quantitative estimate of drug-likeness (QED) is 0.351. The third kappa shape index (κ3) is 3.56. The molecule has 122 valence electrons. The van der Waals surface area contributed by atoms with Gasteiger partial charge in [-0.05, 0) is 69.0 Å². The summed E-state index contributed by atoms with van der Waals surface area (Å²) in [6.07, 6.45) is 1.50. The zero-order chi connectivity index (χ0) is 17.3. The van der Waals surface area contributed by atoms with E-state index in [4.69, 9.17) is 0 Å². The zero-order valence-corrected chi connectivity index (χ0v) is 16.6. The van der Waals surface area contributed by atoms with Crippen LogP contribution in [-0.4, -0.2) is 21.9 Å². The summed E-state index contributed by atoms with van der Waals surface area (Å²) in [5.41, 5.74) is 1.52. The molecule has 0 bridgehead atoms. The van der Waals surface area contributed by atoms with Gasteiger partial charge < -0.3 is 10.4 Å². The summed E-state index contributed by atoms with van der Waals surface area (Å²) >= 11 is 4.16. The van der Waals surface area contributed by atoms with Crippen LogP contribution < -0.4 is 5.32 Å². The Morgan fingerprint density at radius 3 is 2.54 bits per heavy atom. The Labute approximate surface area is 166 Å². The molecule has 1 aliphatic heterocycles. The van der Waals surface area contributed by atoms with Crippen LogP contribution in [0.4, 0.5) is 4.79 Å². The van der Waals surface area contributed by atoms with Crippen LogP contribution in [0.3, 0.4) is 0 Å². The summed E-state index contributed by atoms with van der Waals surface area (Å²) < 4.78 is 1.61. The summed E-state index contributed by atoms with van der Waals surface area (Å²) in [6, 6.07) is 12.4. The molecule has 0 radical (unpaired) electrons. The highest BCUT2D eigenvalue weighted by atomic mass is 127. The predicted molar refractivity (Wildman–Crippen MR) is 107 cm³/mol. The highest BCUT2D eigenvalue weighted by molar-refractivity contribution is 14.1. The third-order valence-electron chi connectivity index (χ3n) is 3.50. The molecule has 1 heterocycles. The van der Waals surface area contributed by atoms with Crippen molar-refractivity contribution in [2.45, 2.75) is 6.54 Å². The van der Waals surface area contributed by atoms with Gasteiger partial charge in [-0.15, -0.1) is 0 Å². The summed E-state index contributed by atoms with van der Waals surface area (Å²) in [4.78, 5) is 25.7. The molecule has 0 saturated carbocycles. The second-order valence-electron chi connectivity index (χ2n) is 5.19. The van der Waals surface area contributed by atoms with E-state index in [-0.39, 0.29) is 18.0 Å². The minimum atomic E-state index is -0.463. The van der Waals surface area contributed by atoms with Gasteiger partial charge in [-0.1, -0.05) is 30.3 Å². The van der Waals surface area contributed by atoms with E-state index >= 15 is 0 Å². The van der Waals surface area contributed by atoms with Gasteiger partial charge in [0.1, 0.15) is 11.4 Å². The lowest BCUT2D eigenvalue weighted by Gasteiger charge is -2.11. The first kappa shape index (κ1) is 17.2. The standard InChI is InChI=1S/C17H12I2N2O3/c18-12-6-11(15(22)13(19)8-12)7-14-16(23)21(17(24)20-14)9-10-4-2-1-3-5-10/h1-8,22H,9H2,(H,20,24)/b14-7+. The van der Waals surface area contributed by atoms with Crippen molar-refractivity contribution in [2.75, 3.05) is 0 Å².